The lowest BCUT2D eigenvalue weighted by molar-refractivity contribution is 0.491. The van der Waals surface area contributed by atoms with E-state index < -0.39 is 0 Å². The Labute approximate surface area is 68.3 Å². The third-order valence-corrected chi connectivity index (χ3v) is 2.04. The fourth-order valence-corrected chi connectivity index (χ4v) is 1.39. The molecule has 0 spiro atoms. The van der Waals surface area contributed by atoms with Crippen LogP contribution in [0.25, 0.3) is 0 Å². The SMILES string of the molecule is CCCC(C)n1cncc1C. The van der Waals surface area contributed by atoms with Gasteiger partial charge in [-0.25, -0.2) is 4.98 Å². The highest BCUT2D eigenvalue weighted by atomic mass is 15.1. The number of hydrogen-bond acceptors (Lipinski definition) is 1. The van der Waals surface area contributed by atoms with Crippen LogP contribution >= 0.6 is 0 Å². The van der Waals surface area contributed by atoms with Crippen LogP contribution < -0.4 is 0 Å². The van der Waals surface area contributed by atoms with Gasteiger partial charge in [-0.2, -0.15) is 0 Å². The van der Waals surface area contributed by atoms with Gasteiger partial charge in [0.05, 0.1) is 6.33 Å². The molecule has 0 radical (unpaired) electrons. The summed E-state index contributed by atoms with van der Waals surface area (Å²) in [6, 6.07) is 0.600. The van der Waals surface area contributed by atoms with Crippen molar-refractivity contribution in [2.45, 2.75) is 39.7 Å². The highest BCUT2D eigenvalue weighted by molar-refractivity contribution is 4.95. The van der Waals surface area contributed by atoms with E-state index in [1.807, 2.05) is 12.5 Å². The Morgan fingerprint density at radius 1 is 1.64 bits per heavy atom. The van der Waals surface area contributed by atoms with Gasteiger partial charge in [0.15, 0.2) is 0 Å². The van der Waals surface area contributed by atoms with Crippen molar-refractivity contribution in [2.75, 3.05) is 0 Å². The number of nitrogens with zero attached hydrogens (tertiary/aromatic N) is 2. The fraction of sp³-hybridized carbons (Fsp3) is 0.667. The molecule has 0 aromatic carbocycles. The zero-order valence-corrected chi connectivity index (χ0v) is 7.54. The van der Waals surface area contributed by atoms with Gasteiger partial charge in [-0.05, 0) is 20.3 Å². The molecule has 0 aliphatic carbocycles. The van der Waals surface area contributed by atoms with Gasteiger partial charge in [-0.3, -0.25) is 0 Å². The number of aromatic nitrogens is 2. The molecule has 1 aromatic heterocycles. The van der Waals surface area contributed by atoms with Crippen molar-refractivity contribution >= 4 is 0 Å². The third kappa shape index (κ3) is 1.82. The number of aryl methyl sites for hydroxylation is 1. The lowest BCUT2D eigenvalue weighted by Crippen LogP contribution is -2.04. The molecule has 1 aromatic rings. The van der Waals surface area contributed by atoms with Crippen LogP contribution in [0.1, 0.15) is 38.4 Å². The molecule has 0 saturated carbocycles. The molecule has 0 N–H and O–H groups in total. The summed E-state index contributed by atoms with van der Waals surface area (Å²) < 4.78 is 2.23. The molecule has 11 heavy (non-hydrogen) atoms. The molecule has 1 atom stereocenters. The Morgan fingerprint density at radius 3 is 2.82 bits per heavy atom. The van der Waals surface area contributed by atoms with Gasteiger partial charge in [0.2, 0.25) is 0 Å². The first kappa shape index (κ1) is 8.31. The first-order valence-corrected chi connectivity index (χ1v) is 4.24. The van der Waals surface area contributed by atoms with E-state index in [0.717, 1.165) is 0 Å². The monoisotopic (exact) mass is 152 g/mol. The maximum Gasteiger partial charge on any atom is 0.0950 e. The summed E-state index contributed by atoms with van der Waals surface area (Å²) in [5, 5.41) is 0. The second kappa shape index (κ2) is 3.56. The predicted octanol–water partition coefficient (Wildman–Crippen LogP) is 2.55. The summed E-state index contributed by atoms with van der Waals surface area (Å²) in [4.78, 5) is 4.09. The lowest BCUT2D eigenvalue weighted by atomic mass is 10.2. The Hall–Kier alpha value is -0.790. The van der Waals surface area contributed by atoms with Crippen LogP contribution in [-0.4, -0.2) is 9.55 Å². The average Bonchev–Trinajstić information content (AvgIpc) is 2.36. The molecule has 2 nitrogen and oxygen atoms in total. The molecule has 0 aliphatic heterocycles. The molecule has 1 heterocycles. The molecule has 2 heteroatoms. The first-order valence-electron chi connectivity index (χ1n) is 4.24. The summed E-state index contributed by atoms with van der Waals surface area (Å²) >= 11 is 0. The largest absolute Gasteiger partial charge is 0.332 e. The molecule has 1 unspecified atom stereocenters. The van der Waals surface area contributed by atoms with Crippen LogP contribution in [-0.2, 0) is 0 Å². The van der Waals surface area contributed by atoms with Gasteiger partial charge in [-0.15, -0.1) is 0 Å². The summed E-state index contributed by atoms with van der Waals surface area (Å²) in [6.07, 6.45) is 6.29. The minimum atomic E-state index is 0.600. The van der Waals surface area contributed by atoms with E-state index in [4.69, 9.17) is 0 Å². The minimum absolute atomic E-state index is 0.600. The van der Waals surface area contributed by atoms with Crippen LogP contribution in [0.2, 0.25) is 0 Å². The topological polar surface area (TPSA) is 17.8 Å². The molecule has 0 fully saturated rings. The molecule has 62 valence electrons. The second-order valence-electron chi connectivity index (χ2n) is 3.08. The van der Waals surface area contributed by atoms with E-state index in [1.54, 1.807) is 0 Å². The predicted molar refractivity (Wildman–Crippen MR) is 46.6 cm³/mol. The van der Waals surface area contributed by atoms with E-state index >= 15 is 0 Å². The summed E-state index contributed by atoms with van der Waals surface area (Å²) in [5.41, 5.74) is 1.26. The van der Waals surface area contributed by atoms with Crippen LogP contribution in [0.4, 0.5) is 0 Å². The standard InChI is InChI=1S/C9H16N2/c1-4-5-8(2)11-7-10-6-9(11)3/h6-8H,4-5H2,1-3H3. The average molecular weight is 152 g/mol. The minimum Gasteiger partial charge on any atom is -0.332 e. The lowest BCUT2D eigenvalue weighted by Gasteiger charge is -2.13. The second-order valence-corrected chi connectivity index (χ2v) is 3.08. The molecule has 0 saturated heterocycles. The smallest absolute Gasteiger partial charge is 0.0950 e. The molecule has 0 amide bonds. The number of rotatable bonds is 3. The van der Waals surface area contributed by atoms with Gasteiger partial charge in [0.25, 0.3) is 0 Å². The fourth-order valence-electron chi connectivity index (χ4n) is 1.39. The van der Waals surface area contributed by atoms with Crippen LogP contribution in [0, 0.1) is 6.92 Å². The summed E-state index contributed by atoms with van der Waals surface area (Å²) in [7, 11) is 0. The van der Waals surface area contributed by atoms with Crippen LogP contribution in [0.3, 0.4) is 0 Å². The van der Waals surface area contributed by atoms with E-state index in [9.17, 15) is 0 Å². The quantitative estimate of drug-likeness (QED) is 0.650. The Bertz CT molecular complexity index is 215. The van der Waals surface area contributed by atoms with Crippen molar-refractivity contribution in [3.05, 3.63) is 18.2 Å². The zero-order chi connectivity index (χ0) is 8.27. The van der Waals surface area contributed by atoms with Crippen molar-refractivity contribution in [1.29, 1.82) is 0 Å². The zero-order valence-electron chi connectivity index (χ0n) is 7.54. The molecular weight excluding hydrogens is 136 g/mol. The Kier molecular flexibility index (Phi) is 2.69. The van der Waals surface area contributed by atoms with E-state index in [1.165, 1.54) is 18.5 Å². The van der Waals surface area contributed by atoms with Gasteiger partial charge < -0.3 is 4.57 Å². The van der Waals surface area contributed by atoms with E-state index in [0.29, 0.717) is 6.04 Å². The highest BCUT2D eigenvalue weighted by Crippen LogP contribution is 2.14. The van der Waals surface area contributed by atoms with Crippen LogP contribution in [0.15, 0.2) is 12.5 Å². The van der Waals surface area contributed by atoms with E-state index in [-0.39, 0.29) is 0 Å². The van der Waals surface area contributed by atoms with Crippen molar-refractivity contribution in [2.24, 2.45) is 0 Å². The Morgan fingerprint density at radius 2 is 2.36 bits per heavy atom. The molecule has 0 aliphatic rings. The van der Waals surface area contributed by atoms with E-state index in [2.05, 4.69) is 30.3 Å². The molecule has 1 rings (SSSR count). The maximum atomic E-state index is 4.09. The van der Waals surface area contributed by atoms with Gasteiger partial charge in [-0.1, -0.05) is 13.3 Å². The van der Waals surface area contributed by atoms with Gasteiger partial charge in [0, 0.05) is 17.9 Å². The summed E-state index contributed by atoms with van der Waals surface area (Å²) in [5.74, 6) is 0. The highest BCUT2D eigenvalue weighted by Gasteiger charge is 2.03. The van der Waals surface area contributed by atoms with Crippen molar-refractivity contribution in [3.63, 3.8) is 0 Å². The summed E-state index contributed by atoms with van der Waals surface area (Å²) in [6.45, 7) is 6.54. The Balaban J connectivity index is 2.67. The van der Waals surface area contributed by atoms with Gasteiger partial charge in [0.1, 0.15) is 0 Å². The van der Waals surface area contributed by atoms with Crippen molar-refractivity contribution in [1.82, 2.24) is 9.55 Å². The van der Waals surface area contributed by atoms with Gasteiger partial charge >= 0.3 is 0 Å². The van der Waals surface area contributed by atoms with Crippen LogP contribution in [0.5, 0.6) is 0 Å². The van der Waals surface area contributed by atoms with Crippen molar-refractivity contribution in [3.8, 4) is 0 Å². The maximum absolute atomic E-state index is 4.09. The third-order valence-electron chi connectivity index (χ3n) is 2.04. The van der Waals surface area contributed by atoms with Crippen molar-refractivity contribution < 1.29 is 0 Å². The number of imidazole rings is 1. The number of hydrogen-bond donors (Lipinski definition) is 0. The molecular formula is C9H16N2. The molecule has 0 bridgehead atoms. The first-order chi connectivity index (χ1) is 5.25. The normalized spacial score (nSPS) is 13.4.